The number of amides is 1. The first kappa shape index (κ1) is 25.8. The molecule has 4 aromatic carbocycles. The third-order valence-corrected chi connectivity index (χ3v) is 6.37. The van der Waals surface area contributed by atoms with Gasteiger partial charge in [-0.25, -0.2) is 18.1 Å². The maximum absolute atomic E-state index is 12.9. The van der Waals surface area contributed by atoms with Gasteiger partial charge in [-0.2, -0.15) is 4.98 Å². The number of sulfonamides is 1. The van der Waals surface area contributed by atoms with E-state index in [0.29, 0.717) is 28.8 Å². The number of aromatic nitrogens is 2. The lowest BCUT2D eigenvalue weighted by molar-refractivity contribution is 0.102. The molecule has 5 aromatic rings. The van der Waals surface area contributed by atoms with Gasteiger partial charge in [0.1, 0.15) is 5.75 Å². The molecule has 0 saturated heterocycles. The number of ether oxygens (including phenoxy) is 1. The molecule has 10 heteroatoms. The van der Waals surface area contributed by atoms with Crippen molar-refractivity contribution in [3.63, 3.8) is 0 Å². The smallest absolute Gasteiger partial charge is 0.256 e. The summed E-state index contributed by atoms with van der Waals surface area (Å²) in [4.78, 5) is 21.6. The molecular weight excluding hydrogens is 514 g/mol. The van der Waals surface area contributed by atoms with E-state index in [0.717, 1.165) is 28.3 Å². The standard InChI is InChI=1S/C29H25N5O4S/c1-39(36,37)31-19-20-7-5-11-23(17-20)33-29-30-16-15-27(34-29)38-24-13-14-25-21(18-24)8-6-12-26(25)28(35)32-22-9-3-2-4-10-22/h2-18,31H,19H2,1H3,(H,32,35)(H,30,33,34). The first-order valence-electron chi connectivity index (χ1n) is 12.0. The number of hydrogen-bond donors (Lipinski definition) is 3. The molecule has 0 bridgehead atoms. The zero-order valence-electron chi connectivity index (χ0n) is 21.0. The number of anilines is 3. The van der Waals surface area contributed by atoms with Crippen molar-refractivity contribution in [1.29, 1.82) is 0 Å². The SMILES string of the molecule is CS(=O)(=O)NCc1cccc(Nc2nccc(Oc3ccc4c(C(=O)Nc5ccccc5)cccc4c3)n2)c1. The minimum absolute atomic E-state index is 0.177. The number of fused-ring (bicyclic) bond motifs is 1. The summed E-state index contributed by atoms with van der Waals surface area (Å²) in [7, 11) is -3.29. The van der Waals surface area contributed by atoms with E-state index in [1.165, 1.54) is 0 Å². The topological polar surface area (TPSA) is 122 Å². The van der Waals surface area contributed by atoms with E-state index >= 15 is 0 Å². The van der Waals surface area contributed by atoms with Crippen molar-refractivity contribution in [2.75, 3.05) is 16.9 Å². The largest absolute Gasteiger partial charge is 0.439 e. The molecule has 1 heterocycles. The van der Waals surface area contributed by atoms with Crippen LogP contribution in [-0.4, -0.2) is 30.5 Å². The van der Waals surface area contributed by atoms with Crippen LogP contribution in [0.4, 0.5) is 17.3 Å². The number of nitrogens with zero attached hydrogens (tertiary/aromatic N) is 2. The van der Waals surface area contributed by atoms with Gasteiger partial charge >= 0.3 is 0 Å². The Labute approximate surface area is 226 Å². The Morgan fingerprint density at radius 2 is 1.67 bits per heavy atom. The number of nitrogens with one attached hydrogen (secondary N) is 3. The summed E-state index contributed by atoms with van der Waals surface area (Å²) >= 11 is 0. The molecule has 0 atom stereocenters. The zero-order valence-corrected chi connectivity index (χ0v) is 21.8. The molecule has 3 N–H and O–H groups in total. The van der Waals surface area contributed by atoms with Crippen molar-refractivity contribution in [3.8, 4) is 11.6 Å². The summed E-state index contributed by atoms with van der Waals surface area (Å²) in [5.74, 6) is 1.02. The quantitative estimate of drug-likeness (QED) is 0.227. The van der Waals surface area contributed by atoms with Crippen LogP contribution in [0, 0.1) is 0 Å². The molecule has 0 aliphatic heterocycles. The number of hydrogen-bond acceptors (Lipinski definition) is 7. The zero-order chi connectivity index (χ0) is 27.2. The predicted octanol–water partition coefficient (Wildman–Crippen LogP) is 5.47. The third kappa shape index (κ3) is 6.95. The van der Waals surface area contributed by atoms with E-state index in [1.54, 1.807) is 24.4 Å². The van der Waals surface area contributed by atoms with Crippen molar-refractivity contribution in [2.24, 2.45) is 0 Å². The van der Waals surface area contributed by atoms with Gasteiger partial charge in [-0.3, -0.25) is 4.79 Å². The summed E-state index contributed by atoms with van der Waals surface area (Å²) in [6.07, 6.45) is 2.69. The molecule has 0 spiro atoms. The van der Waals surface area contributed by atoms with Crippen LogP contribution in [0.5, 0.6) is 11.6 Å². The summed E-state index contributed by atoms with van der Waals surface area (Å²) in [5.41, 5.74) is 2.77. The van der Waals surface area contributed by atoms with E-state index in [1.807, 2.05) is 78.9 Å². The molecular formula is C29H25N5O4S. The first-order chi connectivity index (χ1) is 18.8. The highest BCUT2D eigenvalue weighted by Crippen LogP contribution is 2.28. The second-order valence-electron chi connectivity index (χ2n) is 8.75. The van der Waals surface area contributed by atoms with Crippen molar-refractivity contribution in [2.45, 2.75) is 6.54 Å². The molecule has 0 unspecified atom stereocenters. The molecule has 0 radical (unpaired) electrons. The number of benzene rings is 4. The minimum Gasteiger partial charge on any atom is -0.439 e. The Morgan fingerprint density at radius 1 is 0.872 bits per heavy atom. The predicted molar refractivity (Wildman–Crippen MR) is 152 cm³/mol. The lowest BCUT2D eigenvalue weighted by atomic mass is 10.0. The number of carbonyl (C=O) groups excluding carboxylic acids is 1. The normalized spacial score (nSPS) is 11.2. The van der Waals surface area contributed by atoms with E-state index < -0.39 is 10.0 Å². The maximum atomic E-state index is 12.9. The molecule has 9 nitrogen and oxygen atoms in total. The minimum atomic E-state index is -3.29. The average Bonchev–Trinajstić information content (AvgIpc) is 2.92. The fraction of sp³-hybridized carbons (Fsp3) is 0.0690. The monoisotopic (exact) mass is 539 g/mol. The van der Waals surface area contributed by atoms with Crippen LogP contribution < -0.4 is 20.1 Å². The fourth-order valence-electron chi connectivity index (χ4n) is 3.93. The van der Waals surface area contributed by atoms with Crippen LogP contribution in [0.2, 0.25) is 0 Å². The van der Waals surface area contributed by atoms with Crippen LogP contribution in [-0.2, 0) is 16.6 Å². The molecule has 0 aliphatic carbocycles. The van der Waals surface area contributed by atoms with Crippen molar-refractivity contribution in [3.05, 3.63) is 114 Å². The second kappa shape index (κ2) is 11.3. The number of para-hydroxylation sites is 1. The molecule has 0 fully saturated rings. The van der Waals surface area contributed by atoms with Gasteiger partial charge in [0.25, 0.3) is 5.91 Å². The van der Waals surface area contributed by atoms with Gasteiger partial charge < -0.3 is 15.4 Å². The Morgan fingerprint density at radius 3 is 2.49 bits per heavy atom. The molecule has 5 rings (SSSR count). The molecule has 39 heavy (non-hydrogen) atoms. The summed E-state index contributed by atoms with van der Waals surface area (Å²) in [5, 5.41) is 7.68. The lowest BCUT2D eigenvalue weighted by Gasteiger charge is -2.11. The number of carbonyl (C=O) groups is 1. The van der Waals surface area contributed by atoms with Crippen LogP contribution in [0.3, 0.4) is 0 Å². The van der Waals surface area contributed by atoms with Gasteiger partial charge in [-0.05, 0) is 64.9 Å². The van der Waals surface area contributed by atoms with E-state index in [4.69, 9.17) is 4.74 Å². The maximum Gasteiger partial charge on any atom is 0.256 e. The van der Waals surface area contributed by atoms with Crippen molar-refractivity contribution in [1.82, 2.24) is 14.7 Å². The Hall–Kier alpha value is -4.80. The molecule has 196 valence electrons. The number of rotatable bonds is 9. The van der Waals surface area contributed by atoms with Crippen LogP contribution >= 0.6 is 0 Å². The average molecular weight is 540 g/mol. The Kier molecular flexibility index (Phi) is 7.48. The second-order valence-corrected chi connectivity index (χ2v) is 10.6. The highest BCUT2D eigenvalue weighted by atomic mass is 32.2. The summed E-state index contributed by atoms with van der Waals surface area (Å²) in [6.45, 7) is 0.177. The molecule has 1 aromatic heterocycles. The summed E-state index contributed by atoms with van der Waals surface area (Å²) in [6, 6.07) is 29.2. The van der Waals surface area contributed by atoms with Crippen molar-refractivity contribution < 1.29 is 17.9 Å². The van der Waals surface area contributed by atoms with Gasteiger partial charge in [0.15, 0.2) is 0 Å². The Balaban J connectivity index is 1.30. The van der Waals surface area contributed by atoms with E-state index in [9.17, 15) is 13.2 Å². The molecule has 1 amide bonds. The van der Waals surface area contributed by atoms with Gasteiger partial charge in [0.2, 0.25) is 21.9 Å². The first-order valence-corrected chi connectivity index (χ1v) is 13.9. The van der Waals surface area contributed by atoms with Crippen molar-refractivity contribution >= 4 is 44.0 Å². The van der Waals surface area contributed by atoms with E-state index in [2.05, 4.69) is 25.3 Å². The summed E-state index contributed by atoms with van der Waals surface area (Å²) < 4.78 is 31.2. The Bertz CT molecular complexity index is 1740. The third-order valence-electron chi connectivity index (χ3n) is 5.70. The van der Waals surface area contributed by atoms with Gasteiger partial charge in [0.05, 0.1) is 6.26 Å². The van der Waals surface area contributed by atoms with Gasteiger partial charge in [-0.15, -0.1) is 0 Å². The molecule has 0 saturated carbocycles. The van der Waals surface area contributed by atoms with Gasteiger partial charge in [0, 0.05) is 35.7 Å². The molecule has 0 aliphatic rings. The highest BCUT2D eigenvalue weighted by molar-refractivity contribution is 7.88. The van der Waals surface area contributed by atoms with Crippen LogP contribution in [0.15, 0.2) is 103 Å². The fourth-order valence-corrected chi connectivity index (χ4v) is 4.35. The lowest BCUT2D eigenvalue weighted by Crippen LogP contribution is -2.21. The van der Waals surface area contributed by atoms with Crippen LogP contribution in [0.1, 0.15) is 15.9 Å². The van der Waals surface area contributed by atoms with E-state index in [-0.39, 0.29) is 12.5 Å². The van der Waals surface area contributed by atoms with Gasteiger partial charge in [-0.1, -0.05) is 42.5 Å². The van der Waals surface area contributed by atoms with Crippen LogP contribution in [0.25, 0.3) is 10.8 Å². The highest BCUT2D eigenvalue weighted by Gasteiger charge is 2.12.